The third kappa shape index (κ3) is 5.24. The maximum absolute atomic E-state index is 5.50. The zero-order valence-electron chi connectivity index (χ0n) is 9.18. The maximum atomic E-state index is 5.50. The largest absolute Gasteiger partial charge is 0.382 e. The molecule has 0 amide bonds. The molecule has 0 saturated carbocycles. The summed E-state index contributed by atoms with van der Waals surface area (Å²) >= 11 is 0. The van der Waals surface area contributed by atoms with Gasteiger partial charge in [-0.15, -0.1) is 0 Å². The summed E-state index contributed by atoms with van der Waals surface area (Å²) in [7, 11) is 0. The van der Waals surface area contributed by atoms with Gasteiger partial charge < -0.3 is 4.74 Å². The fraction of sp³-hybridized carbons (Fsp3) is 1.00. The number of rotatable bonds is 8. The molecule has 80 valence electrons. The van der Waals surface area contributed by atoms with Gasteiger partial charge in [-0.2, -0.15) is 0 Å². The summed E-state index contributed by atoms with van der Waals surface area (Å²) < 4.78 is 5.31. The molecule has 0 fully saturated rings. The van der Waals surface area contributed by atoms with E-state index in [1.165, 1.54) is 12.8 Å². The Balaban J connectivity index is 3.71. The first-order valence-electron chi connectivity index (χ1n) is 5.33. The van der Waals surface area contributed by atoms with Crippen LogP contribution in [0.4, 0.5) is 0 Å². The molecule has 0 heterocycles. The van der Waals surface area contributed by atoms with Crippen molar-refractivity contribution in [2.75, 3.05) is 13.2 Å². The van der Waals surface area contributed by atoms with Gasteiger partial charge in [-0.1, -0.05) is 26.7 Å². The Morgan fingerprint density at radius 2 is 1.85 bits per heavy atom. The summed E-state index contributed by atoms with van der Waals surface area (Å²) in [5.74, 6) is 6.17. The number of nitrogens with one attached hydrogen (secondary N) is 1. The lowest BCUT2D eigenvalue weighted by molar-refractivity contribution is 0.127. The molecule has 0 saturated heterocycles. The van der Waals surface area contributed by atoms with Crippen molar-refractivity contribution in [2.45, 2.75) is 46.1 Å². The summed E-state index contributed by atoms with van der Waals surface area (Å²) in [6.07, 6.45) is 3.37. The zero-order chi connectivity index (χ0) is 10.1. The first kappa shape index (κ1) is 12.9. The third-order valence-corrected chi connectivity index (χ3v) is 2.61. The number of hydrazine groups is 1. The topological polar surface area (TPSA) is 47.3 Å². The van der Waals surface area contributed by atoms with E-state index in [2.05, 4.69) is 19.3 Å². The highest BCUT2D eigenvalue weighted by Crippen LogP contribution is 2.15. The molecule has 0 aromatic heterocycles. The molecule has 0 aliphatic heterocycles. The second kappa shape index (κ2) is 8.48. The van der Waals surface area contributed by atoms with E-state index in [1.807, 2.05) is 6.92 Å². The van der Waals surface area contributed by atoms with Gasteiger partial charge in [0, 0.05) is 19.3 Å². The highest BCUT2D eigenvalue weighted by atomic mass is 16.5. The highest BCUT2D eigenvalue weighted by Gasteiger charge is 2.16. The lowest BCUT2D eigenvalue weighted by atomic mass is 9.93. The van der Waals surface area contributed by atoms with Crippen LogP contribution < -0.4 is 11.3 Å². The SMILES string of the molecule is CCOCCC(NN)C(CC)CC. The van der Waals surface area contributed by atoms with Crippen molar-refractivity contribution in [3.05, 3.63) is 0 Å². The van der Waals surface area contributed by atoms with Crippen molar-refractivity contribution in [1.29, 1.82) is 0 Å². The molecular weight excluding hydrogens is 164 g/mol. The van der Waals surface area contributed by atoms with Crippen molar-refractivity contribution in [3.8, 4) is 0 Å². The van der Waals surface area contributed by atoms with Gasteiger partial charge in [-0.3, -0.25) is 11.3 Å². The van der Waals surface area contributed by atoms with E-state index in [0.29, 0.717) is 12.0 Å². The van der Waals surface area contributed by atoms with Crippen LogP contribution in [0, 0.1) is 5.92 Å². The van der Waals surface area contributed by atoms with Gasteiger partial charge in [0.1, 0.15) is 0 Å². The van der Waals surface area contributed by atoms with Crippen LogP contribution in [-0.2, 0) is 4.74 Å². The van der Waals surface area contributed by atoms with Crippen molar-refractivity contribution in [3.63, 3.8) is 0 Å². The van der Waals surface area contributed by atoms with Crippen LogP contribution in [0.15, 0.2) is 0 Å². The molecule has 0 rings (SSSR count). The van der Waals surface area contributed by atoms with Crippen LogP contribution in [0.1, 0.15) is 40.0 Å². The summed E-state index contributed by atoms with van der Waals surface area (Å²) in [5, 5.41) is 0. The summed E-state index contributed by atoms with van der Waals surface area (Å²) in [6, 6.07) is 0.404. The van der Waals surface area contributed by atoms with Gasteiger partial charge in [0.2, 0.25) is 0 Å². The Morgan fingerprint density at radius 3 is 2.23 bits per heavy atom. The molecule has 0 aromatic carbocycles. The molecule has 13 heavy (non-hydrogen) atoms. The Bertz CT molecular complexity index is 105. The lowest BCUT2D eigenvalue weighted by Crippen LogP contribution is -2.41. The molecule has 0 radical (unpaired) electrons. The summed E-state index contributed by atoms with van der Waals surface area (Å²) in [5.41, 5.74) is 2.88. The lowest BCUT2D eigenvalue weighted by Gasteiger charge is -2.24. The third-order valence-electron chi connectivity index (χ3n) is 2.61. The van der Waals surface area contributed by atoms with Crippen molar-refractivity contribution >= 4 is 0 Å². The smallest absolute Gasteiger partial charge is 0.0481 e. The Morgan fingerprint density at radius 1 is 1.23 bits per heavy atom. The molecular formula is C10H24N2O. The highest BCUT2D eigenvalue weighted by molar-refractivity contribution is 4.72. The van der Waals surface area contributed by atoms with Crippen LogP contribution in [0.25, 0.3) is 0 Å². The molecule has 3 nitrogen and oxygen atoms in total. The predicted octanol–water partition coefficient (Wildman–Crippen LogP) is 1.68. The van der Waals surface area contributed by atoms with Gasteiger partial charge in [0.25, 0.3) is 0 Å². The zero-order valence-corrected chi connectivity index (χ0v) is 9.18. The minimum Gasteiger partial charge on any atom is -0.382 e. The van der Waals surface area contributed by atoms with Crippen LogP contribution in [0.5, 0.6) is 0 Å². The Kier molecular flexibility index (Phi) is 8.40. The Labute approximate surface area is 82.0 Å². The molecule has 0 aliphatic rings. The van der Waals surface area contributed by atoms with E-state index in [4.69, 9.17) is 10.6 Å². The molecule has 0 aromatic rings. The quantitative estimate of drug-likeness (QED) is 0.346. The van der Waals surface area contributed by atoms with E-state index in [-0.39, 0.29) is 0 Å². The number of hydrogen-bond donors (Lipinski definition) is 2. The second-order valence-corrected chi connectivity index (χ2v) is 3.34. The maximum Gasteiger partial charge on any atom is 0.0481 e. The molecule has 1 unspecified atom stereocenters. The molecule has 1 atom stereocenters. The number of nitrogens with two attached hydrogens (primary N) is 1. The monoisotopic (exact) mass is 188 g/mol. The van der Waals surface area contributed by atoms with Crippen LogP contribution in [0.2, 0.25) is 0 Å². The van der Waals surface area contributed by atoms with Gasteiger partial charge in [0.05, 0.1) is 0 Å². The van der Waals surface area contributed by atoms with E-state index in [1.54, 1.807) is 0 Å². The van der Waals surface area contributed by atoms with E-state index >= 15 is 0 Å². The van der Waals surface area contributed by atoms with Crippen molar-refractivity contribution in [1.82, 2.24) is 5.43 Å². The molecule has 0 bridgehead atoms. The first-order valence-corrected chi connectivity index (χ1v) is 5.33. The van der Waals surface area contributed by atoms with Crippen LogP contribution in [0.3, 0.4) is 0 Å². The normalized spacial score (nSPS) is 13.6. The Hall–Kier alpha value is -0.120. The van der Waals surface area contributed by atoms with Crippen LogP contribution in [-0.4, -0.2) is 19.3 Å². The molecule has 0 aliphatic carbocycles. The standard InChI is InChI=1S/C10H24N2O/c1-4-9(5-2)10(12-11)7-8-13-6-3/h9-10,12H,4-8,11H2,1-3H3. The predicted molar refractivity (Wildman–Crippen MR) is 56.3 cm³/mol. The average Bonchev–Trinajstić information content (AvgIpc) is 2.17. The van der Waals surface area contributed by atoms with Gasteiger partial charge >= 0.3 is 0 Å². The second-order valence-electron chi connectivity index (χ2n) is 3.34. The van der Waals surface area contributed by atoms with E-state index in [9.17, 15) is 0 Å². The number of ether oxygens (including phenoxy) is 1. The van der Waals surface area contributed by atoms with Crippen molar-refractivity contribution < 1.29 is 4.74 Å². The van der Waals surface area contributed by atoms with E-state index in [0.717, 1.165) is 19.6 Å². The van der Waals surface area contributed by atoms with Gasteiger partial charge in [-0.05, 0) is 19.3 Å². The van der Waals surface area contributed by atoms with Gasteiger partial charge in [0.15, 0.2) is 0 Å². The first-order chi connectivity index (χ1) is 6.29. The van der Waals surface area contributed by atoms with Crippen LogP contribution >= 0.6 is 0 Å². The summed E-state index contributed by atoms with van der Waals surface area (Å²) in [4.78, 5) is 0. The molecule has 0 spiro atoms. The minimum atomic E-state index is 0.404. The van der Waals surface area contributed by atoms with Crippen molar-refractivity contribution in [2.24, 2.45) is 11.8 Å². The fourth-order valence-corrected chi connectivity index (χ4v) is 1.67. The fourth-order valence-electron chi connectivity index (χ4n) is 1.67. The summed E-state index contributed by atoms with van der Waals surface area (Å²) in [6.45, 7) is 8.03. The molecule has 3 heteroatoms. The number of hydrogen-bond acceptors (Lipinski definition) is 3. The minimum absolute atomic E-state index is 0.404. The van der Waals surface area contributed by atoms with E-state index < -0.39 is 0 Å². The average molecular weight is 188 g/mol. The van der Waals surface area contributed by atoms with Gasteiger partial charge in [-0.25, -0.2) is 0 Å². The molecule has 3 N–H and O–H groups in total.